The molecule has 0 aromatic heterocycles. The summed E-state index contributed by atoms with van der Waals surface area (Å²) in [4.78, 5) is 29.0. The van der Waals surface area contributed by atoms with Crippen LogP contribution < -0.4 is 9.62 Å². The van der Waals surface area contributed by atoms with Crippen molar-refractivity contribution in [2.24, 2.45) is 0 Å². The van der Waals surface area contributed by atoms with Crippen LogP contribution in [0, 0.1) is 13.8 Å². The Labute approximate surface area is 236 Å². The highest BCUT2D eigenvalue weighted by Crippen LogP contribution is 2.25. The van der Waals surface area contributed by atoms with Gasteiger partial charge >= 0.3 is 0 Å². The molecule has 0 saturated carbocycles. The number of nitrogens with zero attached hydrogens (tertiary/aromatic N) is 2. The molecule has 208 valence electrons. The van der Waals surface area contributed by atoms with E-state index in [2.05, 4.69) is 5.32 Å². The van der Waals surface area contributed by atoms with Crippen LogP contribution in [-0.4, -0.2) is 50.5 Å². The molecule has 9 heteroatoms. The molecule has 3 aromatic rings. The average molecular weight is 570 g/mol. The lowest BCUT2D eigenvalue weighted by Gasteiger charge is -2.34. The van der Waals surface area contributed by atoms with E-state index in [9.17, 15) is 18.0 Å². The van der Waals surface area contributed by atoms with E-state index in [1.54, 1.807) is 24.3 Å². The van der Waals surface area contributed by atoms with Crippen LogP contribution in [0.4, 0.5) is 5.69 Å². The molecule has 0 heterocycles. The van der Waals surface area contributed by atoms with Crippen molar-refractivity contribution in [3.05, 3.63) is 100 Å². The lowest BCUT2D eigenvalue weighted by molar-refractivity contribution is -0.140. The number of rotatable bonds is 12. The van der Waals surface area contributed by atoms with Gasteiger partial charge in [0.15, 0.2) is 0 Å². The highest BCUT2D eigenvalue weighted by molar-refractivity contribution is 7.92. The molecule has 0 radical (unpaired) electrons. The van der Waals surface area contributed by atoms with E-state index < -0.39 is 28.5 Å². The molecule has 0 saturated heterocycles. The molecule has 0 bridgehead atoms. The lowest BCUT2D eigenvalue weighted by Crippen LogP contribution is -2.53. The Morgan fingerprint density at radius 1 is 0.949 bits per heavy atom. The van der Waals surface area contributed by atoms with Gasteiger partial charge in [-0.25, -0.2) is 8.42 Å². The van der Waals surface area contributed by atoms with Gasteiger partial charge in [-0.05, 0) is 55.2 Å². The lowest BCUT2D eigenvalue weighted by atomic mass is 10.0. The maximum Gasteiger partial charge on any atom is 0.244 e. The van der Waals surface area contributed by atoms with Gasteiger partial charge in [-0.15, -0.1) is 0 Å². The highest BCUT2D eigenvalue weighted by atomic mass is 35.5. The summed E-state index contributed by atoms with van der Waals surface area (Å²) in [7, 11) is -3.82. The summed E-state index contributed by atoms with van der Waals surface area (Å²) < 4.78 is 27.0. The second-order valence-electron chi connectivity index (χ2n) is 9.71. The summed E-state index contributed by atoms with van der Waals surface area (Å²) in [6.07, 6.45) is 2.09. The van der Waals surface area contributed by atoms with Crippen molar-refractivity contribution in [3.63, 3.8) is 0 Å². The number of sulfonamides is 1. The van der Waals surface area contributed by atoms with Gasteiger partial charge in [-0.1, -0.05) is 78.7 Å². The smallest absolute Gasteiger partial charge is 0.244 e. The normalized spacial score (nSPS) is 12.0. The molecule has 2 amide bonds. The monoisotopic (exact) mass is 569 g/mol. The van der Waals surface area contributed by atoms with E-state index in [1.807, 2.05) is 69.3 Å². The Balaban J connectivity index is 2.06. The van der Waals surface area contributed by atoms with Crippen LogP contribution in [0.15, 0.2) is 72.8 Å². The standard InChI is InChI=1S/C30H36ClN3O4S/c1-5-16-32-30(36)28(19-24-10-7-6-8-11-24)33(20-25-12-9-13-26(31)18-25)29(35)21-34(39(4,37)38)27-15-14-22(2)17-23(27)3/h6-15,17-18,28H,5,16,19-21H2,1-4H3,(H,32,36). The van der Waals surface area contributed by atoms with Crippen molar-refractivity contribution in [1.29, 1.82) is 0 Å². The third kappa shape index (κ3) is 8.57. The Morgan fingerprint density at radius 2 is 1.64 bits per heavy atom. The van der Waals surface area contributed by atoms with Gasteiger partial charge in [0.05, 0.1) is 11.9 Å². The summed E-state index contributed by atoms with van der Waals surface area (Å²) >= 11 is 6.23. The number of nitrogens with one attached hydrogen (secondary N) is 1. The first-order valence-corrected chi connectivity index (χ1v) is 15.1. The van der Waals surface area contributed by atoms with E-state index in [0.29, 0.717) is 17.3 Å². The van der Waals surface area contributed by atoms with Crippen LogP contribution in [-0.2, 0) is 32.6 Å². The summed E-state index contributed by atoms with van der Waals surface area (Å²) in [6, 6.07) is 21.1. The molecule has 0 spiro atoms. The van der Waals surface area contributed by atoms with Crippen LogP contribution in [0.5, 0.6) is 0 Å². The number of anilines is 1. The average Bonchev–Trinajstić information content (AvgIpc) is 2.88. The maximum absolute atomic E-state index is 14.1. The molecule has 0 fully saturated rings. The van der Waals surface area contributed by atoms with Gasteiger partial charge in [0.25, 0.3) is 0 Å². The van der Waals surface area contributed by atoms with Crippen molar-refractivity contribution >= 4 is 39.1 Å². The fourth-order valence-corrected chi connectivity index (χ4v) is 5.55. The molecular weight excluding hydrogens is 534 g/mol. The number of hydrogen-bond donors (Lipinski definition) is 1. The van der Waals surface area contributed by atoms with Gasteiger partial charge in [-0.3, -0.25) is 13.9 Å². The molecular formula is C30H36ClN3O4S. The van der Waals surface area contributed by atoms with Crippen molar-refractivity contribution in [2.75, 3.05) is 23.7 Å². The Hall–Kier alpha value is -3.36. The van der Waals surface area contributed by atoms with Crippen molar-refractivity contribution < 1.29 is 18.0 Å². The minimum Gasteiger partial charge on any atom is -0.354 e. The number of amides is 2. The van der Waals surface area contributed by atoms with E-state index in [0.717, 1.165) is 39.2 Å². The molecule has 1 N–H and O–H groups in total. The van der Waals surface area contributed by atoms with E-state index >= 15 is 0 Å². The first kappa shape index (κ1) is 30.2. The van der Waals surface area contributed by atoms with Gasteiger partial charge in [0.2, 0.25) is 21.8 Å². The molecule has 0 aliphatic rings. The first-order valence-electron chi connectivity index (χ1n) is 12.9. The van der Waals surface area contributed by atoms with Crippen molar-refractivity contribution in [1.82, 2.24) is 10.2 Å². The molecule has 3 rings (SSSR count). The van der Waals surface area contributed by atoms with Crippen LogP contribution in [0.1, 0.15) is 35.6 Å². The third-order valence-corrected chi connectivity index (χ3v) is 7.72. The van der Waals surface area contributed by atoms with Crippen molar-refractivity contribution in [2.45, 2.75) is 46.2 Å². The third-order valence-electron chi connectivity index (χ3n) is 6.36. The minimum absolute atomic E-state index is 0.0842. The summed E-state index contributed by atoms with van der Waals surface area (Å²) in [5.41, 5.74) is 3.75. The SMILES string of the molecule is CCCNC(=O)C(Cc1ccccc1)N(Cc1cccc(Cl)c1)C(=O)CN(c1ccc(C)cc1C)S(C)(=O)=O. The zero-order valence-electron chi connectivity index (χ0n) is 22.9. The van der Waals surface area contributed by atoms with Gasteiger partial charge in [0.1, 0.15) is 12.6 Å². The minimum atomic E-state index is -3.82. The fraction of sp³-hybridized carbons (Fsp3) is 0.333. The summed E-state index contributed by atoms with van der Waals surface area (Å²) in [6.45, 7) is 5.78. The second kappa shape index (κ2) is 13.6. The van der Waals surface area contributed by atoms with E-state index in [-0.39, 0.29) is 18.9 Å². The van der Waals surface area contributed by atoms with Crippen LogP contribution in [0.2, 0.25) is 5.02 Å². The largest absolute Gasteiger partial charge is 0.354 e. The summed E-state index contributed by atoms with van der Waals surface area (Å²) in [5.74, 6) is -0.790. The number of benzene rings is 3. The Bertz CT molecular complexity index is 1400. The van der Waals surface area contributed by atoms with Gasteiger partial charge in [-0.2, -0.15) is 0 Å². The Morgan fingerprint density at radius 3 is 2.26 bits per heavy atom. The molecule has 1 atom stereocenters. The van der Waals surface area contributed by atoms with Crippen LogP contribution in [0.25, 0.3) is 0 Å². The molecule has 3 aromatic carbocycles. The van der Waals surface area contributed by atoms with Crippen molar-refractivity contribution in [3.8, 4) is 0 Å². The number of carbonyl (C=O) groups is 2. The van der Waals surface area contributed by atoms with Crippen LogP contribution >= 0.6 is 11.6 Å². The first-order chi connectivity index (χ1) is 18.5. The quantitative estimate of drug-likeness (QED) is 0.336. The van der Waals surface area contributed by atoms with Crippen LogP contribution in [0.3, 0.4) is 0 Å². The molecule has 7 nitrogen and oxygen atoms in total. The Kier molecular flexibility index (Phi) is 10.5. The predicted octanol–water partition coefficient (Wildman–Crippen LogP) is 4.89. The van der Waals surface area contributed by atoms with E-state index in [4.69, 9.17) is 11.6 Å². The molecule has 1 unspecified atom stereocenters. The molecule has 0 aliphatic carbocycles. The summed E-state index contributed by atoms with van der Waals surface area (Å²) in [5, 5.41) is 3.43. The second-order valence-corrected chi connectivity index (χ2v) is 12.1. The zero-order chi connectivity index (χ0) is 28.6. The predicted molar refractivity (Wildman–Crippen MR) is 157 cm³/mol. The number of hydrogen-bond acceptors (Lipinski definition) is 4. The number of halogens is 1. The van der Waals surface area contributed by atoms with Gasteiger partial charge < -0.3 is 10.2 Å². The number of carbonyl (C=O) groups excluding carboxylic acids is 2. The van der Waals surface area contributed by atoms with Gasteiger partial charge in [0, 0.05) is 24.5 Å². The fourth-order valence-electron chi connectivity index (χ4n) is 4.43. The topological polar surface area (TPSA) is 86.8 Å². The molecule has 39 heavy (non-hydrogen) atoms. The molecule has 0 aliphatic heterocycles. The zero-order valence-corrected chi connectivity index (χ0v) is 24.4. The maximum atomic E-state index is 14.1. The van der Waals surface area contributed by atoms with E-state index in [1.165, 1.54) is 4.90 Å². The highest BCUT2D eigenvalue weighted by Gasteiger charge is 2.33. The number of aryl methyl sites for hydroxylation is 2.